The van der Waals surface area contributed by atoms with Gasteiger partial charge in [0.25, 0.3) is 5.82 Å². The minimum atomic E-state index is 0.691. The Hall–Kier alpha value is -1.57. The number of benzene rings is 1. The van der Waals surface area contributed by atoms with Crippen LogP contribution >= 0.6 is 0 Å². The predicted molar refractivity (Wildman–Crippen MR) is 213 cm³/mol. The molecule has 0 fully saturated rings. The molecule has 0 aliphatic heterocycles. The number of nitrogens with zero attached hydrogens (tertiary/aromatic N) is 1. The number of hydrogen-bond acceptors (Lipinski definition) is 0. The fraction of sp³-hybridized carbons (Fsp3) is 0.804. The van der Waals surface area contributed by atoms with Gasteiger partial charge in [-0.3, -0.25) is 0 Å². The van der Waals surface area contributed by atoms with Crippen LogP contribution in [-0.4, -0.2) is 4.98 Å². The largest absolute Gasteiger partial charge is 0.257 e. The van der Waals surface area contributed by atoms with Crippen LogP contribution in [0.3, 0.4) is 0 Å². The summed E-state index contributed by atoms with van der Waals surface area (Å²) in [4.78, 5) is 3.72. The van der Waals surface area contributed by atoms with E-state index in [2.05, 4.69) is 66.1 Å². The number of nitrogens with one attached hydrogen (secondary N) is 1. The molecule has 1 aromatic carbocycles. The molecule has 0 aliphatic rings. The predicted octanol–water partition coefficient (Wildman–Crippen LogP) is 15.2. The van der Waals surface area contributed by atoms with Crippen LogP contribution in [0.2, 0.25) is 0 Å². The van der Waals surface area contributed by atoms with Gasteiger partial charge in [0.05, 0.1) is 12.5 Å². The normalized spacial score (nSPS) is 12.2. The third-order valence-electron chi connectivity index (χ3n) is 11.0. The van der Waals surface area contributed by atoms with Crippen molar-refractivity contribution in [2.24, 2.45) is 0 Å². The molecule has 0 saturated carbocycles. The molecule has 276 valence electrons. The summed E-state index contributed by atoms with van der Waals surface area (Å²) < 4.78 is 2.56. The van der Waals surface area contributed by atoms with E-state index in [1.54, 1.807) is 0 Å². The molecule has 0 saturated heterocycles. The van der Waals surface area contributed by atoms with E-state index in [1.165, 1.54) is 223 Å². The first-order chi connectivity index (χ1) is 23.8. The molecule has 2 nitrogen and oxygen atoms in total. The van der Waals surface area contributed by atoms with Gasteiger partial charge in [0.1, 0.15) is 12.4 Å². The van der Waals surface area contributed by atoms with Crippen LogP contribution in [0.25, 0.3) is 0 Å². The number of unbranched alkanes of at least 4 members (excludes halogenated alkanes) is 27. The highest BCUT2D eigenvalue weighted by molar-refractivity contribution is 5.14. The van der Waals surface area contributed by atoms with Crippen molar-refractivity contribution in [3.05, 3.63) is 54.1 Å². The topological polar surface area (TPSA) is 19.7 Å². The van der Waals surface area contributed by atoms with Crippen molar-refractivity contribution in [1.29, 1.82) is 0 Å². The van der Waals surface area contributed by atoms with Crippen molar-refractivity contribution in [3.63, 3.8) is 0 Å². The highest BCUT2D eigenvalue weighted by atomic mass is 15.1. The molecule has 0 unspecified atom stereocenters. The van der Waals surface area contributed by atoms with Gasteiger partial charge in [-0.05, 0) is 31.2 Å². The summed E-state index contributed by atoms with van der Waals surface area (Å²) in [5.41, 5.74) is 1.46. The number of imidazole rings is 1. The van der Waals surface area contributed by atoms with E-state index < -0.39 is 0 Å². The van der Waals surface area contributed by atoms with E-state index in [4.69, 9.17) is 0 Å². The van der Waals surface area contributed by atoms with Crippen molar-refractivity contribution in [1.82, 2.24) is 4.98 Å². The second-order valence-corrected chi connectivity index (χ2v) is 15.4. The summed E-state index contributed by atoms with van der Waals surface area (Å²) in [6, 6.07) is 11.0. The Morgan fingerprint density at radius 1 is 0.458 bits per heavy atom. The second kappa shape index (κ2) is 32.6. The third-order valence-corrected chi connectivity index (χ3v) is 11.0. The Kier molecular flexibility index (Phi) is 29.0. The first-order valence-corrected chi connectivity index (χ1v) is 22.0. The van der Waals surface area contributed by atoms with Gasteiger partial charge in [0, 0.05) is 0 Å². The molecule has 0 radical (unpaired) electrons. The molecular weight excluding hydrogens is 581 g/mol. The smallest absolute Gasteiger partial charge is 0.247 e. The van der Waals surface area contributed by atoms with Gasteiger partial charge in [0.15, 0.2) is 0 Å². The lowest BCUT2D eigenvalue weighted by atomic mass is 9.93. The van der Waals surface area contributed by atoms with E-state index in [9.17, 15) is 0 Å². The van der Waals surface area contributed by atoms with Gasteiger partial charge >= 0.3 is 0 Å². The molecule has 0 amide bonds. The fourth-order valence-electron chi connectivity index (χ4n) is 7.79. The number of H-pyrrole nitrogens is 1. The first kappa shape index (κ1) is 42.6. The average molecular weight is 664 g/mol. The van der Waals surface area contributed by atoms with Crippen LogP contribution in [0.15, 0.2) is 42.7 Å². The van der Waals surface area contributed by atoms with Gasteiger partial charge in [0.2, 0.25) is 0 Å². The average Bonchev–Trinajstić information content (AvgIpc) is 3.58. The molecule has 1 atom stereocenters. The van der Waals surface area contributed by atoms with Crippen molar-refractivity contribution >= 4 is 0 Å². The highest BCUT2D eigenvalue weighted by Gasteiger charge is 2.22. The van der Waals surface area contributed by atoms with Gasteiger partial charge in [-0.2, -0.15) is 0 Å². The quantitative estimate of drug-likeness (QED) is 0.0553. The summed E-state index contributed by atoms with van der Waals surface area (Å²) in [6.45, 7) is 5.75. The minimum absolute atomic E-state index is 0.691. The summed E-state index contributed by atoms with van der Waals surface area (Å²) in [5.74, 6) is 2.19. The molecule has 2 aromatic rings. The lowest BCUT2D eigenvalue weighted by Crippen LogP contribution is -2.37. The molecule has 0 bridgehead atoms. The molecule has 48 heavy (non-hydrogen) atoms. The molecule has 1 heterocycles. The van der Waals surface area contributed by atoms with Crippen molar-refractivity contribution in [2.75, 3.05) is 0 Å². The Balaban J connectivity index is 1.60. The van der Waals surface area contributed by atoms with Crippen LogP contribution in [0, 0.1) is 0 Å². The molecule has 2 heteroatoms. The maximum Gasteiger partial charge on any atom is 0.257 e. The van der Waals surface area contributed by atoms with E-state index in [0.717, 1.165) is 6.54 Å². The molecule has 0 spiro atoms. The van der Waals surface area contributed by atoms with Crippen LogP contribution < -0.4 is 4.57 Å². The van der Waals surface area contributed by atoms with Crippen LogP contribution in [0.4, 0.5) is 0 Å². The van der Waals surface area contributed by atoms with Crippen LogP contribution in [0.1, 0.15) is 237 Å². The van der Waals surface area contributed by atoms with Crippen molar-refractivity contribution in [3.8, 4) is 0 Å². The lowest BCUT2D eigenvalue weighted by Gasteiger charge is -2.14. The summed E-state index contributed by atoms with van der Waals surface area (Å²) in [5, 5.41) is 0. The monoisotopic (exact) mass is 664 g/mol. The molecule has 1 aromatic heterocycles. The Bertz CT molecular complexity index is 902. The van der Waals surface area contributed by atoms with Crippen molar-refractivity contribution in [2.45, 2.75) is 238 Å². The zero-order valence-corrected chi connectivity index (χ0v) is 32.6. The number of aryl methyl sites for hydroxylation is 2. The number of aromatic nitrogens is 2. The minimum Gasteiger partial charge on any atom is -0.247 e. The number of rotatable bonds is 36. The van der Waals surface area contributed by atoms with E-state index in [1.807, 2.05) is 0 Å². The van der Waals surface area contributed by atoms with E-state index in [0.29, 0.717) is 5.92 Å². The number of hydrogen-bond donors (Lipinski definition) is 1. The van der Waals surface area contributed by atoms with Gasteiger partial charge in [-0.15, -0.1) is 0 Å². The molecule has 0 aliphatic carbocycles. The maximum atomic E-state index is 3.72. The van der Waals surface area contributed by atoms with E-state index in [-0.39, 0.29) is 0 Å². The third kappa shape index (κ3) is 23.7. The Morgan fingerprint density at radius 2 is 0.833 bits per heavy atom. The summed E-state index contributed by atoms with van der Waals surface area (Å²) in [6.07, 6.45) is 51.5. The lowest BCUT2D eigenvalue weighted by molar-refractivity contribution is -0.704. The van der Waals surface area contributed by atoms with Gasteiger partial charge in [-0.1, -0.05) is 230 Å². The fourth-order valence-corrected chi connectivity index (χ4v) is 7.79. The van der Waals surface area contributed by atoms with Crippen molar-refractivity contribution < 1.29 is 4.57 Å². The van der Waals surface area contributed by atoms with Crippen LogP contribution in [0.5, 0.6) is 0 Å². The zero-order valence-electron chi connectivity index (χ0n) is 32.6. The number of aromatic amines is 1. The molecule has 2 rings (SSSR count). The SMILES string of the molecule is CCCCCCCCCCCCCCCCCCC[C@H](CCCCCCCCCCCCCC)c1[nH]cc[n+]1CCCc1ccccc1. The molecular formula is C46H83N2+. The Labute approximate surface area is 301 Å². The standard InChI is InChI=1S/C46H82N2/c1-3-5-7-9-11-13-15-17-18-19-20-21-23-25-27-29-34-40-45(39-33-28-26-24-22-16-14-12-10-8-6-4-2)46-47-41-43-48(46)42-35-38-44-36-31-30-32-37-44/h30-32,36-37,41,43,45H,3-29,33-35,38-40,42H2,1-2H3/p+1/t45-/m0/s1. The first-order valence-electron chi connectivity index (χ1n) is 22.0. The molecule has 1 N–H and O–H groups in total. The highest BCUT2D eigenvalue weighted by Crippen LogP contribution is 2.26. The van der Waals surface area contributed by atoms with E-state index >= 15 is 0 Å². The van der Waals surface area contributed by atoms with Crippen LogP contribution in [-0.2, 0) is 13.0 Å². The second-order valence-electron chi connectivity index (χ2n) is 15.4. The Morgan fingerprint density at radius 3 is 1.23 bits per heavy atom. The van der Waals surface area contributed by atoms with Gasteiger partial charge < -0.3 is 0 Å². The maximum absolute atomic E-state index is 3.72. The zero-order chi connectivity index (χ0) is 34.0. The van der Waals surface area contributed by atoms with Gasteiger partial charge in [-0.25, -0.2) is 9.55 Å². The summed E-state index contributed by atoms with van der Waals surface area (Å²) in [7, 11) is 0. The summed E-state index contributed by atoms with van der Waals surface area (Å²) >= 11 is 0.